The van der Waals surface area contributed by atoms with Crippen LogP contribution in [0, 0.1) is 0 Å². The average Bonchev–Trinajstić information content (AvgIpc) is 3.26. The molecule has 5 rings (SSSR count). The summed E-state index contributed by atoms with van der Waals surface area (Å²) in [5, 5.41) is 6.40. The van der Waals surface area contributed by atoms with E-state index >= 15 is 0 Å². The van der Waals surface area contributed by atoms with E-state index in [1.165, 1.54) is 11.1 Å². The van der Waals surface area contributed by atoms with E-state index in [1.54, 1.807) is 20.7 Å². The van der Waals surface area contributed by atoms with Crippen molar-refractivity contribution in [2.75, 3.05) is 0 Å². The van der Waals surface area contributed by atoms with Gasteiger partial charge in [-0.05, 0) is 21.5 Å². The zero-order valence-corrected chi connectivity index (χ0v) is 15.7. The molecule has 2 unspecified atom stereocenters. The molecule has 2 aliphatic rings. The van der Waals surface area contributed by atoms with Gasteiger partial charge in [0.15, 0.2) is 0 Å². The van der Waals surface area contributed by atoms with E-state index in [9.17, 15) is 0 Å². The van der Waals surface area contributed by atoms with Gasteiger partial charge in [-0.3, -0.25) is 0 Å². The first-order valence-electron chi connectivity index (χ1n) is 8.55. The Morgan fingerprint density at radius 1 is 0.417 bits per heavy atom. The topological polar surface area (TPSA) is 0 Å². The molecule has 3 aromatic rings. The molecule has 2 heteroatoms. The van der Waals surface area contributed by atoms with Gasteiger partial charge in [-0.1, -0.05) is 107 Å². The zero-order valence-electron chi connectivity index (χ0n) is 13.4. The van der Waals surface area contributed by atoms with Gasteiger partial charge in [0, 0.05) is 0 Å². The van der Waals surface area contributed by atoms with Gasteiger partial charge in [-0.2, -0.15) is 0 Å². The Bertz CT molecular complexity index is 904. The standard InChI is InChI=1S/C22H18Si2/c1-3-9-19-17(7-1)13-15-23(19)21-11-5-6-12-22(21)24-16-14-18-8-2-4-10-20(18)24/h1-16,23-24H. The number of hydrogen-bond acceptors (Lipinski definition) is 0. The lowest BCUT2D eigenvalue weighted by Gasteiger charge is -2.19. The first-order valence-corrected chi connectivity index (χ1v) is 12.2. The lowest BCUT2D eigenvalue weighted by Crippen LogP contribution is -2.55. The molecule has 114 valence electrons. The molecule has 24 heavy (non-hydrogen) atoms. The fourth-order valence-electron chi connectivity index (χ4n) is 4.12. The highest BCUT2D eigenvalue weighted by molar-refractivity contribution is 7.00. The van der Waals surface area contributed by atoms with Gasteiger partial charge in [0.2, 0.25) is 0 Å². The van der Waals surface area contributed by atoms with E-state index in [0.717, 1.165) is 0 Å². The van der Waals surface area contributed by atoms with Crippen LogP contribution < -0.4 is 20.7 Å². The van der Waals surface area contributed by atoms with Crippen LogP contribution in [0.1, 0.15) is 11.1 Å². The highest BCUT2D eigenvalue weighted by Crippen LogP contribution is 2.12. The van der Waals surface area contributed by atoms with E-state index in [2.05, 4.69) is 96.3 Å². The Morgan fingerprint density at radius 2 is 0.792 bits per heavy atom. The van der Waals surface area contributed by atoms with Crippen molar-refractivity contribution in [3.63, 3.8) is 0 Å². The summed E-state index contributed by atoms with van der Waals surface area (Å²) in [7, 11) is -2.45. The second-order valence-corrected chi connectivity index (χ2v) is 11.7. The summed E-state index contributed by atoms with van der Waals surface area (Å²) in [6.07, 6.45) is 4.67. The van der Waals surface area contributed by atoms with Crippen molar-refractivity contribution < 1.29 is 0 Å². The molecule has 0 amide bonds. The largest absolute Gasteiger partial charge is 0.126 e. The van der Waals surface area contributed by atoms with Gasteiger partial charge >= 0.3 is 0 Å². The monoisotopic (exact) mass is 338 g/mol. The Balaban J connectivity index is 1.64. The first kappa shape index (κ1) is 14.0. The van der Waals surface area contributed by atoms with Gasteiger partial charge in [0.05, 0.1) is 0 Å². The highest BCUT2D eigenvalue weighted by Gasteiger charge is 2.28. The number of benzene rings is 3. The molecule has 2 atom stereocenters. The molecule has 2 heterocycles. The summed E-state index contributed by atoms with van der Waals surface area (Å²) in [5.41, 5.74) is 7.85. The van der Waals surface area contributed by atoms with Crippen LogP contribution in [0.4, 0.5) is 0 Å². The average molecular weight is 339 g/mol. The molecule has 0 aromatic heterocycles. The van der Waals surface area contributed by atoms with Gasteiger partial charge in [0.25, 0.3) is 0 Å². The molecule has 0 fully saturated rings. The maximum Gasteiger partial charge on any atom is 0.126 e. The molecule has 0 aliphatic carbocycles. The lowest BCUT2D eigenvalue weighted by molar-refractivity contribution is 1.72. The second kappa shape index (κ2) is 5.58. The zero-order chi connectivity index (χ0) is 15.9. The summed E-state index contributed by atoms with van der Waals surface area (Å²) < 4.78 is 0. The molecule has 0 saturated heterocycles. The minimum absolute atomic E-state index is 1.23. The van der Waals surface area contributed by atoms with E-state index in [4.69, 9.17) is 0 Å². The fraction of sp³-hybridized carbons (Fsp3) is 0. The third-order valence-corrected chi connectivity index (χ3v) is 11.5. The Morgan fingerprint density at radius 3 is 1.25 bits per heavy atom. The molecule has 3 aromatic carbocycles. The van der Waals surface area contributed by atoms with Crippen LogP contribution in [-0.2, 0) is 0 Å². The van der Waals surface area contributed by atoms with Crippen molar-refractivity contribution in [1.29, 1.82) is 0 Å². The smallest absolute Gasteiger partial charge is 0.0882 e. The van der Waals surface area contributed by atoms with E-state index in [-0.39, 0.29) is 0 Å². The Labute approximate surface area is 146 Å². The highest BCUT2D eigenvalue weighted by atomic mass is 28.3. The van der Waals surface area contributed by atoms with Crippen LogP contribution in [0.15, 0.2) is 84.2 Å². The van der Waals surface area contributed by atoms with Crippen LogP contribution in [0.2, 0.25) is 0 Å². The van der Waals surface area contributed by atoms with Crippen molar-refractivity contribution in [3.8, 4) is 0 Å². The van der Waals surface area contributed by atoms with Crippen molar-refractivity contribution in [2.24, 2.45) is 0 Å². The molecule has 0 radical (unpaired) electrons. The van der Waals surface area contributed by atoms with E-state index in [1.807, 2.05) is 0 Å². The van der Waals surface area contributed by atoms with Gasteiger partial charge in [-0.15, -0.1) is 0 Å². The van der Waals surface area contributed by atoms with Crippen LogP contribution in [-0.4, -0.2) is 17.6 Å². The van der Waals surface area contributed by atoms with E-state index < -0.39 is 17.6 Å². The van der Waals surface area contributed by atoms with Crippen LogP contribution in [0.5, 0.6) is 0 Å². The summed E-state index contributed by atoms with van der Waals surface area (Å²) in [5.74, 6) is 0. The van der Waals surface area contributed by atoms with Crippen molar-refractivity contribution in [2.45, 2.75) is 0 Å². The summed E-state index contributed by atoms with van der Waals surface area (Å²) in [6.45, 7) is 0. The summed E-state index contributed by atoms with van der Waals surface area (Å²) in [6, 6.07) is 27.1. The van der Waals surface area contributed by atoms with Crippen molar-refractivity contribution in [3.05, 3.63) is 95.3 Å². The van der Waals surface area contributed by atoms with E-state index in [0.29, 0.717) is 0 Å². The molecule has 0 N–H and O–H groups in total. The lowest BCUT2D eigenvalue weighted by atomic mass is 10.2. The molecule has 0 saturated carbocycles. The van der Waals surface area contributed by atoms with Crippen LogP contribution in [0.25, 0.3) is 12.2 Å². The maximum absolute atomic E-state index is 2.50. The minimum Gasteiger partial charge on any atom is -0.0882 e. The summed E-state index contributed by atoms with van der Waals surface area (Å²) in [4.78, 5) is 0. The molecular formula is C22H18Si2. The van der Waals surface area contributed by atoms with Gasteiger partial charge in [-0.25, -0.2) is 0 Å². The number of hydrogen-bond donors (Lipinski definition) is 0. The SMILES string of the molecule is C1=C[SiH](c2ccccc2[SiH]2C=Cc3ccccc32)c2ccccc21. The maximum atomic E-state index is 2.50. The Hall–Kier alpha value is -2.43. The van der Waals surface area contributed by atoms with Crippen molar-refractivity contribution >= 4 is 50.5 Å². The first-order chi connectivity index (χ1) is 11.9. The summed E-state index contributed by atoms with van der Waals surface area (Å²) >= 11 is 0. The minimum atomic E-state index is -1.23. The van der Waals surface area contributed by atoms with Gasteiger partial charge < -0.3 is 0 Å². The predicted octanol–water partition coefficient (Wildman–Crippen LogP) is 1.50. The third kappa shape index (κ3) is 2.11. The molecule has 0 nitrogen and oxygen atoms in total. The third-order valence-electron chi connectivity index (χ3n) is 5.26. The molecule has 2 aliphatic heterocycles. The van der Waals surface area contributed by atoms with Gasteiger partial charge in [0.1, 0.15) is 17.6 Å². The molecule has 0 spiro atoms. The quantitative estimate of drug-likeness (QED) is 0.621. The van der Waals surface area contributed by atoms with Crippen LogP contribution in [0.3, 0.4) is 0 Å². The fourth-order valence-corrected chi connectivity index (χ4v) is 10.8. The molecular weight excluding hydrogens is 320 g/mol. The molecule has 0 bridgehead atoms. The number of rotatable bonds is 2. The second-order valence-electron chi connectivity index (χ2n) is 6.56. The predicted molar refractivity (Wildman–Crippen MR) is 110 cm³/mol. The Kier molecular flexibility index (Phi) is 3.25. The normalized spacial score (nSPS) is 20.2. The number of fused-ring (bicyclic) bond motifs is 2. The van der Waals surface area contributed by atoms with Crippen LogP contribution >= 0.6 is 0 Å². The van der Waals surface area contributed by atoms with Crippen molar-refractivity contribution in [1.82, 2.24) is 0 Å².